The van der Waals surface area contributed by atoms with Crippen molar-refractivity contribution in [3.8, 4) is 6.01 Å². The van der Waals surface area contributed by atoms with E-state index in [1.54, 1.807) is 6.08 Å². The summed E-state index contributed by atoms with van der Waals surface area (Å²) in [5, 5.41) is 7.17. The van der Waals surface area contributed by atoms with Crippen molar-refractivity contribution in [2.24, 2.45) is 0 Å². The maximum absolute atomic E-state index is 14.2. The number of anilines is 1. The summed E-state index contributed by atoms with van der Waals surface area (Å²) >= 11 is 6.90. The summed E-state index contributed by atoms with van der Waals surface area (Å²) in [5.74, 6) is 0.664. The number of ether oxygens (including phenoxy) is 1. The summed E-state index contributed by atoms with van der Waals surface area (Å²) in [6, 6.07) is 15.4. The van der Waals surface area contributed by atoms with Crippen molar-refractivity contribution < 1.29 is 9.13 Å². The molecule has 2 atom stereocenters. The Bertz CT molecular complexity index is 1370. The van der Waals surface area contributed by atoms with Gasteiger partial charge in [0.25, 0.3) is 0 Å². The molecule has 1 N–H and O–H groups in total. The van der Waals surface area contributed by atoms with E-state index >= 15 is 0 Å². The van der Waals surface area contributed by atoms with Crippen LogP contribution in [0.15, 0.2) is 47.5 Å². The highest BCUT2D eigenvalue weighted by atomic mass is 35.5. The van der Waals surface area contributed by atoms with Gasteiger partial charge in [-0.3, -0.25) is 0 Å². The van der Waals surface area contributed by atoms with E-state index in [4.69, 9.17) is 21.3 Å². The Morgan fingerprint density at radius 3 is 2.63 bits per heavy atom. The van der Waals surface area contributed by atoms with E-state index in [-0.39, 0.29) is 11.4 Å². The van der Waals surface area contributed by atoms with Crippen LogP contribution < -0.4 is 25.5 Å². The van der Waals surface area contributed by atoms with Gasteiger partial charge in [0.1, 0.15) is 17.5 Å². The number of hydrogen-bond donors (Lipinski definition) is 1. The zero-order valence-electron chi connectivity index (χ0n) is 20.1. The highest BCUT2D eigenvalue weighted by Gasteiger charge is 2.33. The maximum atomic E-state index is 14.2. The molecule has 3 heterocycles. The number of nitrogens with zero attached hydrogens (tertiary/aromatic N) is 3. The molecule has 2 aliphatic rings. The largest absolute Gasteiger partial charge is 0.463 e. The van der Waals surface area contributed by atoms with Crippen molar-refractivity contribution in [2.45, 2.75) is 45.2 Å². The molecule has 2 saturated heterocycles. The van der Waals surface area contributed by atoms with Gasteiger partial charge in [0.2, 0.25) is 0 Å². The van der Waals surface area contributed by atoms with Crippen LogP contribution in [0, 0.1) is 0 Å². The van der Waals surface area contributed by atoms with Crippen molar-refractivity contribution in [1.82, 2.24) is 15.3 Å². The average molecular weight is 493 g/mol. The van der Waals surface area contributed by atoms with E-state index in [0.29, 0.717) is 41.1 Å². The van der Waals surface area contributed by atoms with Crippen LogP contribution >= 0.6 is 11.6 Å². The Balaban J connectivity index is 1.66. The molecule has 1 aromatic heterocycles. The molecular weight excluding hydrogens is 463 g/mol. The van der Waals surface area contributed by atoms with Crippen LogP contribution in [0.3, 0.4) is 0 Å². The number of halogens is 2. The molecule has 2 bridgehead atoms. The summed E-state index contributed by atoms with van der Waals surface area (Å²) in [4.78, 5) is 11.3. The van der Waals surface area contributed by atoms with Crippen LogP contribution in [0.4, 0.5) is 10.2 Å². The number of aromatic nitrogens is 2. The molecule has 5 nitrogen and oxygen atoms in total. The molecular formula is C28H30ClFN4O. The minimum Gasteiger partial charge on any atom is -0.463 e. The van der Waals surface area contributed by atoms with Gasteiger partial charge in [-0.1, -0.05) is 61.0 Å². The monoisotopic (exact) mass is 492 g/mol. The third-order valence-electron chi connectivity index (χ3n) is 6.81. The van der Waals surface area contributed by atoms with E-state index in [9.17, 15) is 4.39 Å². The Morgan fingerprint density at radius 2 is 1.89 bits per heavy atom. The molecule has 0 radical (unpaired) electrons. The van der Waals surface area contributed by atoms with Gasteiger partial charge in [-0.25, -0.2) is 4.39 Å². The first-order valence-corrected chi connectivity index (χ1v) is 12.6. The van der Waals surface area contributed by atoms with Crippen LogP contribution in [0.25, 0.3) is 28.8 Å². The molecule has 7 heteroatoms. The first-order chi connectivity index (χ1) is 17.1. The standard InChI is InChI=1S/C28H30ClFN4O/c1-3-13-35-28-32-26(15-30)24(27(33-28)34-16-20-11-12-21(17-34)31-20)14-25(29)18(2)22-10-6-8-19-7-4-5-9-23(19)22/h4-10,14-15,20-21,31H,3,11-13,16-17H2,1-2H3/b24-14+,25-18-,26-15-. The summed E-state index contributed by atoms with van der Waals surface area (Å²) in [5.41, 5.74) is 1.95. The fourth-order valence-electron chi connectivity index (χ4n) is 5.06. The Hall–Kier alpha value is -2.96. The third-order valence-corrected chi connectivity index (χ3v) is 7.20. The number of piperazine rings is 1. The van der Waals surface area contributed by atoms with Crippen LogP contribution in [0.1, 0.15) is 38.7 Å². The fourth-order valence-corrected chi connectivity index (χ4v) is 5.27. The molecule has 2 unspecified atom stereocenters. The van der Waals surface area contributed by atoms with Crippen molar-refractivity contribution in [3.05, 3.63) is 63.6 Å². The second-order valence-corrected chi connectivity index (χ2v) is 9.68. The Morgan fingerprint density at radius 1 is 1.14 bits per heavy atom. The molecule has 182 valence electrons. The van der Waals surface area contributed by atoms with Crippen molar-refractivity contribution in [1.29, 1.82) is 0 Å². The molecule has 2 fully saturated rings. The molecule has 0 amide bonds. The molecule has 0 aliphatic carbocycles. The van der Waals surface area contributed by atoms with Gasteiger partial charge in [-0.2, -0.15) is 9.97 Å². The number of rotatable bonds is 6. The molecule has 3 aromatic rings. The predicted molar refractivity (Wildman–Crippen MR) is 142 cm³/mol. The molecule has 5 rings (SSSR count). The van der Waals surface area contributed by atoms with Gasteiger partial charge in [-0.05, 0) is 54.2 Å². The van der Waals surface area contributed by atoms with Gasteiger partial charge in [0.05, 0.1) is 6.61 Å². The summed E-state index contributed by atoms with van der Waals surface area (Å²) in [6.07, 6.45) is 5.40. The smallest absolute Gasteiger partial charge is 0.319 e. The molecule has 2 aliphatic heterocycles. The third kappa shape index (κ3) is 4.91. The SMILES string of the molecule is CCCOc1nc(N2CC3CCC(C2)N3)c(=C/C(Cl)=C(\C)c2cccc3ccccc23)/c(=C/F)n1. The second-order valence-electron chi connectivity index (χ2n) is 9.27. The van der Waals surface area contributed by atoms with Crippen LogP contribution in [-0.2, 0) is 0 Å². The van der Waals surface area contributed by atoms with E-state index in [1.807, 2.05) is 32.0 Å². The Labute approximate surface area is 210 Å². The first-order valence-electron chi connectivity index (χ1n) is 12.3. The molecule has 0 spiro atoms. The molecule has 0 saturated carbocycles. The number of benzene rings is 2. The van der Waals surface area contributed by atoms with E-state index in [1.165, 1.54) is 0 Å². The summed E-state index contributed by atoms with van der Waals surface area (Å²) in [6.45, 7) is 6.08. The van der Waals surface area contributed by atoms with Crippen molar-refractivity contribution >= 4 is 46.2 Å². The maximum Gasteiger partial charge on any atom is 0.319 e. The van der Waals surface area contributed by atoms with E-state index < -0.39 is 0 Å². The normalized spacial score (nSPS) is 21.5. The number of nitrogens with one attached hydrogen (secondary N) is 1. The fraction of sp³-hybridized carbons (Fsp3) is 0.357. The lowest BCUT2D eigenvalue weighted by Crippen LogP contribution is -2.53. The van der Waals surface area contributed by atoms with Crippen LogP contribution in [-0.4, -0.2) is 41.7 Å². The number of fused-ring (bicyclic) bond motifs is 3. The Kier molecular flexibility index (Phi) is 7.02. The van der Waals surface area contributed by atoms with Gasteiger partial charge >= 0.3 is 6.01 Å². The zero-order chi connectivity index (χ0) is 24.4. The first kappa shape index (κ1) is 23.8. The average Bonchev–Trinajstić information content (AvgIpc) is 3.23. The van der Waals surface area contributed by atoms with Crippen LogP contribution in [0.5, 0.6) is 6.01 Å². The van der Waals surface area contributed by atoms with Crippen LogP contribution in [0.2, 0.25) is 0 Å². The zero-order valence-corrected chi connectivity index (χ0v) is 20.9. The van der Waals surface area contributed by atoms with E-state index in [0.717, 1.165) is 54.3 Å². The number of hydrogen-bond acceptors (Lipinski definition) is 5. The minimum atomic E-state index is 0.177. The quantitative estimate of drug-likeness (QED) is 0.548. The molecule has 2 aromatic carbocycles. The predicted octanol–water partition coefficient (Wildman–Crippen LogP) is 4.52. The summed E-state index contributed by atoms with van der Waals surface area (Å²) < 4.78 is 19.9. The van der Waals surface area contributed by atoms with Gasteiger partial charge < -0.3 is 15.0 Å². The van der Waals surface area contributed by atoms with Gasteiger partial charge in [0.15, 0.2) is 0 Å². The van der Waals surface area contributed by atoms with Gasteiger partial charge in [-0.15, -0.1) is 0 Å². The number of allylic oxidation sites excluding steroid dienone is 2. The van der Waals surface area contributed by atoms with E-state index in [2.05, 4.69) is 39.5 Å². The lowest BCUT2D eigenvalue weighted by Gasteiger charge is -2.34. The van der Waals surface area contributed by atoms with Crippen molar-refractivity contribution in [2.75, 3.05) is 24.6 Å². The minimum absolute atomic E-state index is 0.177. The lowest BCUT2D eigenvalue weighted by molar-refractivity contribution is 0.291. The highest BCUT2D eigenvalue weighted by molar-refractivity contribution is 6.37. The second kappa shape index (κ2) is 10.3. The lowest BCUT2D eigenvalue weighted by atomic mass is 9.99. The van der Waals surface area contributed by atoms with Crippen molar-refractivity contribution in [3.63, 3.8) is 0 Å². The highest BCUT2D eigenvalue weighted by Crippen LogP contribution is 2.29. The molecule has 35 heavy (non-hydrogen) atoms. The topological polar surface area (TPSA) is 50.3 Å². The summed E-state index contributed by atoms with van der Waals surface area (Å²) in [7, 11) is 0. The van der Waals surface area contributed by atoms with Gasteiger partial charge in [0, 0.05) is 35.4 Å².